The van der Waals surface area contributed by atoms with E-state index in [1.54, 1.807) is 0 Å². The van der Waals surface area contributed by atoms with Crippen LogP contribution in [0.1, 0.15) is 188 Å². The molecule has 0 saturated carbocycles. The number of ether oxygens (including phenoxy) is 2. The van der Waals surface area contributed by atoms with Gasteiger partial charge in [0.15, 0.2) is 6.29 Å². The molecule has 0 spiro atoms. The molecule has 1 rings (SSSR count). The molecule has 1 aliphatic heterocycles. The van der Waals surface area contributed by atoms with Crippen LogP contribution in [-0.2, 0) is 9.47 Å². The predicted octanol–water partition coefficient (Wildman–Crippen LogP) is 10.2. The van der Waals surface area contributed by atoms with E-state index >= 15 is 0 Å². The van der Waals surface area contributed by atoms with Crippen LogP contribution in [-0.4, -0.2) is 50.3 Å². The summed E-state index contributed by atoms with van der Waals surface area (Å²) < 4.78 is 13.3. The average Bonchev–Trinajstić information content (AvgIpc) is 2.93. The molecule has 232 valence electrons. The molecule has 1 heterocycles. The predicted molar refractivity (Wildman–Crippen MR) is 176 cm³/mol. The van der Waals surface area contributed by atoms with Crippen molar-refractivity contribution in [3.05, 3.63) is 0 Å². The third-order valence-electron chi connectivity index (χ3n) is 8.91. The van der Waals surface area contributed by atoms with Crippen LogP contribution in [0.15, 0.2) is 0 Å². The smallest absolute Gasteiger partial charge is 0.169 e. The fraction of sp³-hybridized carbons (Fsp3) is 1.00. The van der Waals surface area contributed by atoms with Crippen molar-refractivity contribution in [2.75, 3.05) is 13.1 Å². The van der Waals surface area contributed by atoms with Crippen LogP contribution >= 0.6 is 0 Å². The summed E-state index contributed by atoms with van der Waals surface area (Å²) in [4.78, 5) is 2.78. The first-order valence-corrected chi connectivity index (χ1v) is 18.2. The van der Waals surface area contributed by atoms with Gasteiger partial charge in [-0.05, 0) is 25.7 Å². The summed E-state index contributed by atoms with van der Waals surface area (Å²) in [5.74, 6) is 0. The topological polar surface area (TPSA) is 21.7 Å². The summed E-state index contributed by atoms with van der Waals surface area (Å²) in [5, 5.41) is 0. The second kappa shape index (κ2) is 26.8. The molecule has 3 nitrogen and oxygen atoms in total. The van der Waals surface area contributed by atoms with Crippen molar-refractivity contribution in [3.63, 3.8) is 0 Å². The first-order chi connectivity index (χ1) is 19.1. The van der Waals surface area contributed by atoms with Crippen molar-refractivity contribution in [3.8, 4) is 0 Å². The molecule has 0 aromatic carbocycles. The number of nitrogens with zero attached hydrogens (tertiary/aromatic N) is 1. The first kappa shape index (κ1) is 37.0. The number of unbranched alkanes of at least 4 members (excludes halogenated alkanes) is 17. The lowest BCUT2D eigenvalue weighted by molar-refractivity contribution is -0.219. The zero-order chi connectivity index (χ0) is 28.4. The monoisotopic (exact) mass is 550 g/mol. The minimum Gasteiger partial charge on any atom is -0.356 e. The van der Waals surface area contributed by atoms with Crippen LogP contribution in [0.25, 0.3) is 0 Å². The van der Waals surface area contributed by atoms with E-state index in [1.807, 2.05) is 0 Å². The maximum atomic E-state index is 6.83. The van der Waals surface area contributed by atoms with Gasteiger partial charge in [0.1, 0.15) is 7.85 Å². The molecule has 3 atom stereocenters. The van der Waals surface area contributed by atoms with E-state index in [-0.39, 0.29) is 12.3 Å². The molecule has 1 saturated heterocycles. The number of morpholine rings is 1. The van der Waals surface area contributed by atoms with E-state index in [0.717, 1.165) is 13.1 Å². The van der Waals surface area contributed by atoms with Gasteiger partial charge in [-0.1, -0.05) is 163 Å². The largest absolute Gasteiger partial charge is 0.356 e. The number of hydrogen-bond donors (Lipinski definition) is 0. The Kier molecular flexibility index (Phi) is 25.4. The van der Waals surface area contributed by atoms with Gasteiger partial charge in [-0.3, -0.25) is 4.90 Å². The third kappa shape index (κ3) is 20.5. The maximum absolute atomic E-state index is 6.83. The fourth-order valence-corrected chi connectivity index (χ4v) is 6.41. The number of hydrogen-bond acceptors (Lipinski definition) is 3. The quantitative estimate of drug-likeness (QED) is 0.0716. The lowest BCUT2D eigenvalue weighted by Crippen LogP contribution is -2.53. The Bertz CT molecular complexity index is 491. The van der Waals surface area contributed by atoms with Crippen LogP contribution in [0, 0.1) is 0 Å². The first-order valence-electron chi connectivity index (χ1n) is 18.2. The molecule has 0 N–H and O–H groups in total. The number of rotatable bonds is 28. The molecule has 1 fully saturated rings. The van der Waals surface area contributed by atoms with Crippen molar-refractivity contribution in [1.29, 1.82) is 0 Å². The van der Waals surface area contributed by atoms with Crippen LogP contribution in [0.4, 0.5) is 0 Å². The summed E-state index contributed by atoms with van der Waals surface area (Å²) in [6, 6.07) is 0.974. The van der Waals surface area contributed by atoms with E-state index in [9.17, 15) is 0 Å². The van der Waals surface area contributed by atoms with Crippen LogP contribution in [0.3, 0.4) is 0 Å². The summed E-state index contributed by atoms with van der Waals surface area (Å²) in [5.41, 5.74) is 0. The Balaban J connectivity index is 2.67. The molecule has 0 amide bonds. The van der Waals surface area contributed by atoms with Crippen molar-refractivity contribution in [2.45, 2.75) is 213 Å². The minimum atomic E-state index is -0.0443. The van der Waals surface area contributed by atoms with Gasteiger partial charge < -0.3 is 9.47 Å². The third-order valence-corrected chi connectivity index (χ3v) is 8.91. The highest BCUT2D eigenvalue weighted by molar-refractivity contribution is 6.11. The molecule has 0 bridgehead atoms. The average molecular weight is 550 g/mol. The van der Waals surface area contributed by atoms with E-state index in [0.29, 0.717) is 12.1 Å². The highest BCUT2D eigenvalue weighted by Crippen LogP contribution is 2.25. The molecule has 3 unspecified atom stereocenters. The summed E-state index contributed by atoms with van der Waals surface area (Å²) in [6.45, 7) is 11.3. The van der Waals surface area contributed by atoms with Crippen molar-refractivity contribution >= 4 is 7.85 Å². The Labute approximate surface area is 247 Å². The van der Waals surface area contributed by atoms with Crippen LogP contribution < -0.4 is 0 Å². The van der Waals surface area contributed by atoms with Gasteiger partial charge in [-0.2, -0.15) is 0 Å². The van der Waals surface area contributed by atoms with E-state index in [1.165, 1.54) is 161 Å². The van der Waals surface area contributed by atoms with Crippen molar-refractivity contribution in [1.82, 2.24) is 4.90 Å². The highest BCUT2D eigenvalue weighted by atomic mass is 16.7. The van der Waals surface area contributed by atoms with E-state index < -0.39 is 0 Å². The molecule has 4 heteroatoms. The van der Waals surface area contributed by atoms with Crippen molar-refractivity contribution < 1.29 is 9.47 Å². The van der Waals surface area contributed by atoms with Gasteiger partial charge >= 0.3 is 0 Å². The SMILES string of the molecule is BC1CN(C(CCCCCCC)CCCCCCC)CC(OC(CCCCCCC)CCCCCCCC)O1. The van der Waals surface area contributed by atoms with Gasteiger partial charge in [0, 0.05) is 25.1 Å². The normalized spacial score (nSPS) is 19.2. The lowest BCUT2D eigenvalue weighted by Gasteiger charge is -2.42. The van der Waals surface area contributed by atoms with Gasteiger partial charge in [0.2, 0.25) is 0 Å². The summed E-state index contributed by atoms with van der Waals surface area (Å²) in [7, 11) is 2.27. The second-order valence-corrected chi connectivity index (χ2v) is 12.9. The summed E-state index contributed by atoms with van der Waals surface area (Å²) >= 11 is 0. The van der Waals surface area contributed by atoms with Gasteiger partial charge in [-0.25, -0.2) is 0 Å². The van der Waals surface area contributed by atoms with Crippen molar-refractivity contribution in [2.24, 2.45) is 0 Å². The molecule has 0 aromatic rings. The standard InChI is InChI=1S/C35H72BNO2/c1-5-9-13-17-21-25-29-33(28-24-20-16-12-8-4)38-35-31-37(30-34(36)39-35)32(26-22-18-14-10-6-2)27-23-19-15-11-7-3/h32-35H,5-31,36H2,1-4H3. The second-order valence-electron chi connectivity index (χ2n) is 12.9. The Morgan fingerprint density at radius 2 is 0.949 bits per heavy atom. The lowest BCUT2D eigenvalue weighted by atomic mass is 9.94. The minimum absolute atomic E-state index is 0.0443. The molecule has 39 heavy (non-hydrogen) atoms. The molecular weight excluding hydrogens is 477 g/mol. The Morgan fingerprint density at radius 1 is 0.564 bits per heavy atom. The van der Waals surface area contributed by atoms with Gasteiger partial charge in [0.05, 0.1) is 6.10 Å². The Morgan fingerprint density at radius 3 is 1.38 bits per heavy atom. The molecular formula is C35H72BNO2. The Hall–Kier alpha value is -0.0551. The fourth-order valence-electron chi connectivity index (χ4n) is 6.41. The van der Waals surface area contributed by atoms with Crippen LogP contribution in [0.5, 0.6) is 0 Å². The molecule has 0 aromatic heterocycles. The molecule has 0 aliphatic carbocycles. The van der Waals surface area contributed by atoms with E-state index in [4.69, 9.17) is 9.47 Å². The zero-order valence-corrected chi connectivity index (χ0v) is 27.7. The molecule has 0 radical (unpaired) electrons. The van der Waals surface area contributed by atoms with E-state index in [2.05, 4.69) is 40.4 Å². The highest BCUT2D eigenvalue weighted by Gasteiger charge is 2.31. The maximum Gasteiger partial charge on any atom is 0.169 e. The van der Waals surface area contributed by atoms with Gasteiger partial charge in [-0.15, -0.1) is 0 Å². The molecule has 1 aliphatic rings. The zero-order valence-electron chi connectivity index (χ0n) is 27.7. The summed E-state index contributed by atoms with van der Waals surface area (Å²) in [6.07, 6.45) is 34.2. The van der Waals surface area contributed by atoms with Gasteiger partial charge in [0.25, 0.3) is 0 Å². The van der Waals surface area contributed by atoms with Crippen LogP contribution in [0.2, 0.25) is 0 Å².